The summed E-state index contributed by atoms with van der Waals surface area (Å²) >= 11 is 0. The summed E-state index contributed by atoms with van der Waals surface area (Å²) in [5, 5.41) is 13.1. The second-order valence-corrected chi connectivity index (χ2v) is 5.78. The Bertz CT molecular complexity index is 172. The lowest BCUT2D eigenvalue weighted by atomic mass is 9.82. The Morgan fingerprint density at radius 3 is 2.43 bits per heavy atom. The molecule has 0 heterocycles. The molecule has 3 atom stereocenters. The normalized spacial score (nSPS) is 30.6. The summed E-state index contributed by atoms with van der Waals surface area (Å²) in [5.41, 5.74) is 0.358. The Balaban J connectivity index is 2.26. The molecular formula is C12H25NO. The van der Waals surface area contributed by atoms with Crippen LogP contribution in [0.5, 0.6) is 0 Å². The average Bonchev–Trinajstić information content (AvgIpc) is 2.45. The van der Waals surface area contributed by atoms with E-state index in [2.05, 4.69) is 33.0 Å². The number of hydrogen-bond acceptors (Lipinski definition) is 2. The highest BCUT2D eigenvalue weighted by Gasteiger charge is 2.26. The summed E-state index contributed by atoms with van der Waals surface area (Å²) in [4.78, 5) is 0. The summed E-state index contributed by atoms with van der Waals surface area (Å²) in [5.74, 6) is 0.648. The molecule has 0 amide bonds. The van der Waals surface area contributed by atoms with Gasteiger partial charge < -0.3 is 10.4 Å². The summed E-state index contributed by atoms with van der Waals surface area (Å²) < 4.78 is 0. The molecule has 14 heavy (non-hydrogen) atoms. The summed E-state index contributed by atoms with van der Waals surface area (Å²) in [7, 11) is 0. The van der Waals surface area contributed by atoms with E-state index in [0.29, 0.717) is 17.4 Å². The number of aliphatic hydroxyl groups is 1. The fraction of sp³-hybridized carbons (Fsp3) is 1.00. The third kappa shape index (κ3) is 3.25. The lowest BCUT2D eigenvalue weighted by Gasteiger charge is -2.29. The highest BCUT2D eigenvalue weighted by Crippen LogP contribution is 2.25. The van der Waals surface area contributed by atoms with Crippen LogP contribution in [0.3, 0.4) is 0 Å². The van der Waals surface area contributed by atoms with E-state index < -0.39 is 0 Å². The molecule has 2 heteroatoms. The minimum absolute atomic E-state index is 0.109. The summed E-state index contributed by atoms with van der Waals surface area (Å²) in [6, 6.07) is 0.347. The van der Waals surface area contributed by atoms with E-state index >= 15 is 0 Å². The Kier molecular flexibility index (Phi) is 3.96. The molecule has 1 rings (SSSR count). The molecule has 0 radical (unpaired) electrons. The molecule has 0 aromatic rings. The quantitative estimate of drug-likeness (QED) is 0.730. The molecular weight excluding hydrogens is 174 g/mol. The van der Waals surface area contributed by atoms with Gasteiger partial charge in [-0.3, -0.25) is 0 Å². The molecule has 0 aliphatic heterocycles. The molecule has 0 bridgehead atoms. The molecule has 0 spiro atoms. The fourth-order valence-corrected chi connectivity index (χ4v) is 1.81. The van der Waals surface area contributed by atoms with Crippen molar-refractivity contribution in [2.24, 2.45) is 11.3 Å². The third-order valence-corrected chi connectivity index (χ3v) is 3.64. The van der Waals surface area contributed by atoms with Gasteiger partial charge in [0, 0.05) is 6.04 Å². The maximum absolute atomic E-state index is 9.64. The van der Waals surface area contributed by atoms with Crippen LogP contribution in [0.1, 0.15) is 47.0 Å². The first-order chi connectivity index (χ1) is 6.41. The SMILES string of the molecule is CC(CN[C@@H]1CCC[C@H]1O)C(C)(C)C. The molecule has 1 aliphatic rings. The molecule has 1 unspecified atom stereocenters. The maximum Gasteiger partial charge on any atom is 0.0693 e. The monoisotopic (exact) mass is 199 g/mol. The van der Waals surface area contributed by atoms with E-state index in [4.69, 9.17) is 0 Å². The van der Waals surface area contributed by atoms with E-state index in [1.807, 2.05) is 0 Å². The Morgan fingerprint density at radius 2 is 2.00 bits per heavy atom. The van der Waals surface area contributed by atoms with Gasteiger partial charge in [-0.2, -0.15) is 0 Å². The van der Waals surface area contributed by atoms with E-state index in [1.54, 1.807) is 0 Å². The van der Waals surface area contributed by atoms with E-state index in [9.17, 15) is 5.11 Å². The minimum atomic E-state index is -0.109. The molecule has 1 fully saturated rings. The molecule has 2 N–H and O–H groups in total. The predicted octanol–water partition coefficient (Wildman–Crippen LogP) is 2.17. The zero-order valence-corrected chi connectivity index (χ0v) is 10.0. The Labute approximate surface area is 88.1 Å². The van der Waals surface area contributed by atoms with Gasteiger partial charge in [0.15, 0.2) is 0 Å². The van der Waals surface area contributed by atoms with E-state index in [0.717, 1.165) is 19.4 Å². The van der Waals surface area contributed by atoms with Crippen molar-refractivity contribution < 1.29 is 5.11 Å². The zero-order chi connectivity index (χ0) is 10.8. The van der Waals surface area contributed by atoms with Crippen molar-refractivity contribution in [2.75, 3.05) is 6.54 Å². The van der Waals surface area contributed by atoms with E-state index in [1.165, 1.54) is 6.42 Å². The van der Waals surface area contributed by atoms with Crippen LogP contribution in [0.2, 0.25) is 0 Å². The predicted molar refractivity (Wildman–Crippen MR) is 60.3 cm³/mol. The van der Waals surface area contributed by atoms with Gasteiger partial charge in [0.2, 0.25) is 0 Å². The molecule has 0 aromatic heterocycles. The molecule has 2 nitrogen and oxygen atoms in total. The largest absolute Gasteiger partial charge is 0.392 e. The molecule has 1 aliphatic carbocycles. The smallest absolute Gasteiger partial charge is 0.0693 e. The van der Waals surface area contributed by atoms with Crippen molar-refractivity contribution in [2.45, 2.75) is 59.1 Å². The van der Waals surface area contributed by atoms with Gasteiger partial charge in [-0.1, -0.05) is 27.7 Å². The Hall–Kier alpha value is -0.0800. The average molecular weight is 199 g/mol. The standard InChI is InChI=1S/C12H25NO/c1-9(12(2,3)4)8-13-10-6-5-7-11(10)14/h9-11,13-14H,5-8H2,1-4H3/t9?,10-,11-/m1/s1. The van der Waals surface area contributed by atoms with Gasteiger partial charge in [-0.05, 0) is 37.1 Å². The van der Waals surface area contributed by atoms with Gasteiger partial charge in [0.1, 0.15) is 0 Å². The molecule has 0 aromatic carbocycles. The van der Waals surface area contributed by atoms with Crippen molar-refractivity contribution in [3.05, 3.63) is 0 Å². The molecule has 0 saturated heterocycles. The second-order valence-electron chi connectivity index (χ2n) is 5.78. The lowest BCUT2D eigenvalue weighted by Crippen LogP contribution is -2.40. The number of rotatable bonds is 3. The minimum Gasteiger partial charge on any atom is -0.392 e. The van der Waals surface area contributed by atoms with Crippen LogP contribution >= 0.6 is 0 Å². The van der Waals surface area contributed by atoms with Crippen LogP contribution in [-0.4, -0.2) is 23.8 Å². The van der Waals surface area contributed by atoms with Crippen LogP contribution in [-0.2, 0) is 0 Å². The van der Waals surface area contributed by atoms with Gasteiger partial charge in [-0.25, -0.2) is 0 Å². The highest BCUT2D eigenvalue weighted by atomic mass is 16.3. The first-order valence-corrected chi connectivity index (χ1v) is 5.82. The van der Waals surface area contributed by atoms with Crippen LogP contribution in [0.15, 0.2) is 0 Å². The van der Waals surface area contributed by atoms with Crippen LogP contribution in [0, 0.1) is 11.3 Å². The summed E-state index contributed by atoms with van der Waals surface area (Å²) in [6.45, 7) is 10.1. The zero-order valence-electron chi connectivity index (χ0n) is 10.0. The molecule has 1 saturated carbocycles. The van der Waals surface area contributed by atoms with Crippen molar-refractivity contribution >= 4 is 0 Å². The number of aliphatic hydroxyl groups excluding tert-OH is 1. The van der Waals surface area contributed by atoms with Crippen molar-refractivity contribution in [3.8, 4) is 0 Å². The first-order valence-electron chi connectivity index (χ1n) is 5.82. The van der Waals surface area contributed by atoms with Gasteiger partial charge >= 0.3 is 0 Å². The van der Waals surface area contributed by atoms with Gasteiger partial charge in [0.05, 0.1) is 6.10 Å². The number of nitrogens with one attached hydrogen (secondary N) is 1. The van der Waals surface area contributed by atoms with Crippen LogP contribution in [0.4, 0.5) is 0 Å². The second kappa shape index (κ2) is 4.63. The van der Waals surface area contributed by atoms with Gasteiger partial charge in [0.25, 0.3) is 0 Å². The topological polar surface area (TPSA) is 32.3 Å². The maximum atomic E-state index is 9.64. The highest BCUT2D eigenvalue weighted by molar-refractivity contribution is 4.84. The molecule has 84 valence electrons. The third-order valence-electron chi connectivity index (χ3n) is 3.64. The fourth-order valence-electron chi connectivity index (χ4n) is 1.81. The van der Waals surface area contributed by atoms with Crippen molar-refractivity contribution in [3.63, 3.8) is 0 Å². The summed E-state index contributed by atoms with van der Waals surface area (Å²) in [6.07, 6.45) is 3.17. The van der Waals surface area contributed by atoms with Gasteiger partial charge in [-0.15, -0.1) is 0 Å². The van der Waals surface area contributed by atoms with Crippen LogP contribution < -0.4 is 5.32 Å². The van der Waals surface area contributed by atoms with Crippen LogP contribution in [0.25, 0.3) is 0 Å². The lowest BCUT2D eigenvalue weighted by molar-refractivity contribution is 0.140. The van der Waals surface area contributed by atoms with E-state index in [-0.39, 0.29) is 6.10 Å². The van der Waals surface area contributed by atoms with Crippen molar-refractivity contribution in [1.29, 1.82) is 0 Å². The Morgan fingerprint density at radius 1 is 1.36 bits per heavy atom. The first kappa shape index (κ1) is 12.0. The van der Waals surface area contributed by atoms with Crippen molar-refractivity contribution in [1.82, 2.24) is 5.32 Å². The number of hydrogen-bond donors (Lipinski definition) is 2.